The van der Waals surface area contributed by atoms with E-state index in [1.54, 1.807) is 0 Å². The lowest BCUT2D eigenvalue weighted by atomic mass is 9.79. The Labute approximate surface area is 94.5 Å². The molecule has 4 heteroatoms. The molecule has 0 aliphatic heterocycles. The van der Waals surface area contributed by atoms with Gasteiger partial charge in [-0.25, -0.2) is 0 Å². The summed E-state index contributed by atoms with van der Waals surface area (Å²) >= 11 is 0. The minimum Gasteiger partial charge on any atom is -0.469 e. The van der Waals surface area contributed by atoms with Crippen molar-refractivity contribution in [3.8, 4) is 0 Å². The molecule has 3 saturated carbocycles. The van der Waals surface area contributed by atoms with Crippen LogP contribution in [0.2, 0.25) is 0 Å². The molecule has 4 atom stereocenters. The van der Waals surface area contributed by atoms with Crippen molar-refractivity contribution in [2.45, 2.75) is 25.7 Å². The lowest BCUT2D eigenvalue weighted by Crippen LogP contribution is -2.38. The van der Waals surface area contributed by atoms with Crippen molar-refractivity contribution in [3.63, 3.8) is 0 Å². The summed E-state index contributed by atoms with van der Waals surface area (Å²) in [5, 5.41) is 0. The van der Waals surface area contributed by atoms with E-state index in [0.717, 1.165) is 12.8 Å². The van der Waals surface area contributed by atoms with Crippen LogP contribution in [0.4, 0.5) is 0 Å². The van der Waals surface area contributed by atoms with Gasteiger partial charge in [-0.3, -0.25) is 9.59 Å². The van der Waals surface area contributed by atoms with Crippen LogP contribution >= 0.6 is 0 Å². The van der Waals surface area contributed by atoms with Gasteiger partial charge < -0.3 is 10.5 Å². The van der Waals surface area contributed by atoms with E-state index in [-0.39, 0.29) is 29.1 Å². The van der Waals surface area contributed by atoms with E-state index in [1.165, 1.54) is 20.0 Å². The first-order valence-electron chi connectivity index (χ1n) is 5.99. The van der Waals surface area contributed by atoms with Gasteiger partial charge >= 0.3 is 5.97 Å². The molecule has 3 rings (SSSR count). The molecule has 1 spiro atoms. The topological polar surface area (TPSA) is 69.4 Å². The van der Waals surface area contributed by atoms with Crippen molar-refractivity contribution in [1.29, 1.82) is 0 Å². The Hall–Kier alpha value is -1.06. The quantitative estimate of drug-likeness (QED) is 0.700. The van der Waals surface area contributed by atoms with Crippen LogP contribution in [0.15, 0.2) is 0 Å². The van der Waals surface area contributed by atoms with Crippen LogP contribution in [0.1, 0.15) is 25.7 Å². The molecular formula is C12H17NO3. The molecular weight excluding hydrogens is 206 g/mol. The van der Waals surface area contributed by atoms with Crippen molar-refractivity contribution in [3.05, 3.63) is 0 Å². The first-order chi connectivity index (χ1) is 7.62. The fourth-order valence-electron chi connectivity index (χ4n) is 4.49. The predicted molar refractivity (Wildman–Crippen MR) is 56.1 cm³/mol. The number of carbonyl (C=O) groups excluding carboxylic acids is 2. The van der Waals surface area contributed by atoms with Crippen molar-refractivity contribution in [2.75, 3.05) is 7.11 Å². The minimum atomic E-state index is -0.311. The van der Waals surface area contributed by atoms with Gasteiger partial charge in [0.15, 0.2) is 0 Å². The summed E-state index contributed by atoms with van der Waals surface area (Å²) in [6.45, 7) is 0. The molecule has 3 aliphatic rings. The van der Waals surface area contributed by atoms with Crippen LogP contribution < -0.4 is 5.73 Å². The second kappa shape index (κ2) is 2.99. The number of rotatable bonds is 2. The highest BCUT2D eigenvalue weighted by Gasteiger charge is 2.71. The molecule has 16 heavy (non-hydrogen) atoms. The maximum absolute atomic E-state index is 11.8. The number of ether oxygens (including phenoxy) is 1. The Bertz CT molecular complexity index is 361. The van der Waals surface area contributed by atoms with Gasteiger partial charge in [0.2, 0.25) is 5.91 Å². The number of nitrogens with two attached hydrogens (primary N) is 1. The molecule has 2 N–H and O–H groups in total. The number of primary amides is 1. The normalized spacial score (nSPS) is 42.3. The summed E-state index contributed by atoms with van der Waals surface area (Å²) in [7, 11) is 1.39. The van der Waals surface area contributed by atoms with Gasteiger partial charge in [0.1, 0.15) is 0 Å². The van der Waals surface area contributed by atoms with E-state index in [4.69, 9.17) is 10.5 Å². The van der Waals surface area contributed by atoms with Crippen molar-refractivity contribution < 1.29 is 14.3 Å². The van der Waals surface area contributed by atoms with Crippen LogP contribution in [0.5, 0.6) is 0 Å². The fraction of sp³-hybridized carbons (Fsp3) is 0.833. The second-order valence-corrected chi connectivity index (χ2v) is 5.50. The Kier molecular flexibility index (Phi) is 1.89. The van der Waals surface area contributed by atoms with Gasteiger partial charge in [-0.15, -0.1) is 0 Å². The van der Waals surface area contributed by atoms with Crippen LogP contribution in [-0.4, -0.2) is 19.0 Å². The largest absolute Gasteiger partial charge is 0.469 e. The highest BCUT2D eigenvalue weighted by atomic mass is 16.5. The number of amides is 1. The molecule has 3 aliphatic carbocycles. The van der Waals surface area contributed by atoms with Crippen LogP contribution in [0.3, 0.4) is 0 Å². The molecule has 0 saturated heterocycles. The minimum absolute atomic E-state index is 0.234. The Morgan fingerprint density at radius 1 is 1.19 bits per heavy atom. The Morgan fingerprint density at radius 2 is 1.75 bits per heavy atom. The first-order valence-corrected chi connectivity index (χ1v) is 5.99. The maximum Gasteiger partial charge on any atom is 0.309 e. The predicted octanol–water partition coefficient (Wildman–Crippen LogP) is 0.697. The third kappa shape index (κ3) is 1.00. The van der Waals surface area contributed by atoms with Gasteiger partial charge in [0.05, 0.1) is 18.9 Å². The van der Waals surface area contributed by atoms with E-state index in [9.17, 15) is 9.59 Å². The lowest BCUT2D eigenvalue weighted by molar-refractivity contribution is -0.152. The molecule has 0 radical (unpaired) electrons. The summed E-state index contributed by atoms with van der Waals surface area (Å²) < 4.78 is 4.84. The van der Waals surface area contributed by atoms with Crippen molar-refractivity contribution in [1.82, 2.24) is 0 Å². The highest BCUT2D eigenvalue weighted by molar-refractivity contribution is 5.86. The van der Waals surface area contributed by atoms with Crippen LogP contribution in [-0.2, 0) is 14.3 Å². The van der Waals surface area contributed by atoms with Crippen molar-refractivity contribution >= 4 is 11.9 Å². The SMILES string of the molecule is COC(=O)C1C(C(N)=O)[C@@H]2CC[C@H]1C21CC1. The highest BCUT2D eigenvalue weighted by Crippen LogP contribution is 2.74. The zero-order chi connectivity index (χ0) is 11.5. The molecule has 0 aromatic carbocycles. The van der Waals surface area contributed by atoms with Crippen molar-refractivity contribution in [2.24, 2.45) is 34.8 Å². The number of methoxy groups -OCH3 is 1. The molecule has 2 bridgehead atoms. The van der Waals surface area contributed by atoms with E-state index < -0.39 is 0 Å². The standard InChI is InChI=1S/C12H17NO3/c1-16-11(15)9-7-3-2-6(8(9)10(13)14)12(7)4-5-12/h6-9H,2-5H2,1H3,(H2,13,14)/t6-,7+,8?,9?/m0/s1. The molecule has 0 aromatic rings. The van der Waals surface area contributed by atoms with Gasteiger partial charge in [-0.05, 0) is 42.9 Å². The average Bonchev–Trinajstić information content (AvgIpc) is 2.92. The van der Waals surface area contributed by atoms with E-state index in [2.05, 4.69) is 0 Å². The zero-order valence-electron chi connectivity index (χ0n) is 9.44. The summed E-state index contributed by atoms with van der Waals surface area (Å²) in [5.41, 5.74) is 5.75. The zero-order valence-corrected chi connectivity index (χ0v) is 9.44. The average molecular weight is 223 g/mol. The van der Waals surface area contributed by atoms with Gasteiger partial charge in [-0.2, -0.15) is 0 Å². The summed E-state index contributed by atoms with van der Waals surface area (Å²) in [5.74, 6) is -0.379. The van der Waals surface area contributed by atoms with E-state index in [1.807, 2.05) is 0 Å². The molecule has 2 unspecified atom stereocenters. The first kappa shape index (κ1) is 10.1. The monoisotopic (exact) mass is 223 g/mol. The molecule has 0 aromatic heterocycles. The Morgan fingerprint density at radius 3 is 2.19 bits per heavy atom. The van der Waals surface area contributed by atoms with Crippen LogP contribution in [0.25, 0.3) is 0 Å². The molecule has 1 amide bonds. The smallest absolute Gasteiger partial charge is 0.309 e. The third-order valence-electron chi connectivity index (χ3n) is 5.15. The molecule has 88 valence electrons. The molecule has 0 heterocycles. The van der Waals surface area contributed by atoms with Gasteiger partial charge in [0.25, 0.3) is 0 Å². The molecule has 3 fully saturated rings. The van der Waals surface area contributed by atoms with Crippen LogP contribution in [0, 0.1) is 29.1 Å². The fourth-order valence-corrected chi connectivity index (χ4v) is 4.49. The second-order valence-electron chi connectivity index (χ2n) is 5.50. The summed E-state index contributed by atoms with van der Waals surface area (Å²) in [6, 6.07) is 0. The van der Waals surface area contributed by atoms with Gasteiger partial charge in [0, 0.05) is 0 Å². The number of hydrogen-bond donors (Lipinski definition) is 1. The molecule has 4 nitrogen and oxygen atoms in total. The summed E-state index contributed by atoms with van der Waals surface area (Å²) in [6.07, 6.45) is 4.46. The van der Waals surface area contributed by atoms with E-state index in [0.29, 0.717) is 11.8 Å². The lowest BCUT2D eigenvalue weighted by Gasteiger charge is -2.26. The number of carbonyl (C=O) groups is 2. The van der Waals surface area contributed by atoms with E-state index >= 15 is 0 Å². The number of esters is 1. The maximum atomic E-state index is 11.8. The summed E-state index contributed by atoms with van der Waals surface area (Å²) in [4.78, 5) is 23.4. The number of hydrogen-bond acceptors (Lipinski definition) is 3. The van der Waals surface area contributed by atoms with Gasteiger partial charge in [-0.1, -0.05) is 0 Å². The third-order valence-corrected chi connectivity index (χ3v) is 5.15. The Balaban J connectivity index is 1.97.